The van der Waals surface area contributed by atoms with Crippen LogP contribution in [0.15, 0.2) is 18.3 Å². The van der Waals surface area contributed by atoms with Gasteiger partial charge in [0.15, 0.2) is 18.8 Å². The number of aromatic nitrogens is 1. The largest absolute Gasteiger partial charge is 0.506 e. The molecule has 202 valence electrons. The van der Waals surface area contributed by atoms with Gasteiger partial charge in [-0.1, -0.05) is 0 Å². The van der Waals surface area contributed by atoms with Crippen LogP contribution < -0.4 is 0 Å². The van der Waals surface area contributed by atoms with E-state index in [1.807, 2.05) is 0 Å². The lowest BCUT2D eigenvalue weighted by Gasteiger charge is -2.40. The minimum absolute atomic E-state index is 0.126. The van der Waals surface area contributed by atoms with Crippen LogP contribution in [-0.2, 0) is 35.1 Å². The van der Waals surface area contributed by atoms with Gasteiger partial charge in [-0.05, 0) is 45.7 Å². The minimum Gasteiger partial charge on any atom is -0.506 e. The van der Waals surface area contributed by atoms with Crippen LogP contribution in [0.25, 0.3) is 0 Å². The Bertz CT molecular complexity index is 1030. The summed E-state index contributed by atoms with van der Waals surface area (Å²) in [6.45, 7) is 7.37. The number of hydrogen-bond donors (Lipinski definition) is 1. The van der Waals surface area contributed by atoms with E-state index in [0.717, 1.165) is 0 Å². The summed E-state index contributed by atoms with van der Waals surface area (Å²) in [4.78, 5) is 60.2. The number of esters is 1. The van der Waals surface area contributed by atoms with Gasteiger partial charge in [-0.25, -0.2) is 9.59 Å². The van der Waals surface area contributed by atoms with Gasteiger partial charge < -0.3 is 29.1 Å². The summed E-state index contributed by atoms with van der Waals surface area (Å²) < 4.78 is 16.3. The van der Waals surface area contributed by atoms with Crippen LogP contribution in [0.1, 0.15) is 39.3 Å². The molecular weight excluding hydrogens is 484 g/mol. The molecule has 0 aliphatic carbocycles. The van der Waals surface area contributed by atoms with Crippen molar-refractivity contribution in [3.63, 3.8) is 0 Å². The first-order valence-corrected chi connectivity index (χ1v) is 12.5. The van der Waals surface area contributed by atoms with Crippen molar-refractivity contribution in [1.82, 2.24) is 19.7 Å². The fourth-order valence-corrected chi connectivity index (χ4v) is 4.83. The van der Waals surface area contributed by atoms with E-state index in [-0.39, 0.29) is 5.75 Å². The molecule has 12 heteroatoms. The molecular formula is C25H34N4O8. The standard InChI is InChI=1S/C25H34N4O8/c1-25(2,3)37-22-20(32)21(17-6-5-9-29(17)23(22)33)36-19(31)15-35-24(34)28-12-10-27(11-13-28)14-16-18(30)7-4-8-26-16/h4,7-8,17,21-22,30H,5-6,9-15H2,1-3H3. The summed E-state index contributed by atoms with van der Waals surface area (Å²) in [5.74, 6) is -1.72. The predicted molar refractivity (Wildman–Crippen MR) is 128 cm³/mol. The lowest BCUT2D eigenvalue weighted by molar-refractivity contribution is -0.185. The molecule has 0 aromatic carbocycles. The zero-order valence-corrected chi connectivity index (χ0v) is 21.4. The molecule has 3 unspecified atom stereocenters. The SMILES string of the molecule is CC(C)(C)OC1C(=O)C(OC(=O)COC(=O)N2CCN(Cc3ncccc3O)CC2)C2CCCN2C1=O. The molecule has 2 amide bonds. The van der Waals surface area contributed by atoms with E-state index < -0.39 is 54.2 Å². The molecule has 12 nitrogen and oxygen atoms in total. The second-order valence-corrected chi connectivity index (χ2v) is 10.5. The normalized spacial score (nSPS) is 24.7. The summed E-state index contributed by atoms with van der Waals surface area (Å²) in [5, 5.41) is 9.90. The fourth-order valence-electron chi connectivity index (χ4n) is 4.83. The predicted octanol–water partition coefficient (Wildman–Crippen LogP) is 0.711. The van der Waals surface area contributed by atoms with E-state index in [9.17, 15) is 24.3 Å². The molecule has 0 spiro atoms. The number of Topliss-reactive ketones (excluding diaryl/α,β-unsaturated/α-hetero) is 1. The molecule has 3 atom stereocenters. The summed E-state index contributed by atoms with van der Waals surface area (Å²) in [6.07, 6.45) is -0.301. The third-order valence-corrected chi connectivity index (χ3v) is 6.61. The third kappa shape index (κ3) is 6.37. The number of ketones is 1. The Labute approximate surface area is 215 Å². The first-order chi connectivity index (χ1) is 17.5. The minimum atomic E-state index is -1.33. The van der Waals surface area contributed by atoms with Gasteiger partial charge in [0.2, 0.25) is 5.78 Å². The van der Waals surface area contributed by atoms with Crippen molar-refractivity contribution in [2.45, 2.75) is 64.0 Å². The van der Waals surface area contributed by atoms with Gasteiger partial charge in [0.25, 0.3) is 5.91 Å². The number of nitrogens with zero attached hydrogens (tertiary/aromatic N) is 4. The summed E-state index contributed by atoms with van der Waals surface area (Å²) >= 11 is 0. The number of carbonyl (C=O) groups is 4. The van der Waals surface area contributed by atoms with Crippen molar-refractivity contribution in [3.05, 3.63) is 24.0 Å². The highest BCUT2D eigenvalue weighted by atomic mass is 16.6. The Morgan fingerprint density at radius 3 is 2.54 bits per heavy atom. The molecule has 3 aliphatic rings. The van der Waals surface area contributed by atoms with E-state index in [0.29, 0.717) is 57.8 Å². The molecule has 0 saturated carbocycles. The van der Waals surface area contributed by atoms with Crippen molar-refractivity contribution in [2.75, 3.05) is 39.3 Å². The molecule has 4 heterocycles. The van der Waals surface area contributed by atoms with Crippen LogP contribution in [0.5, 0.6) is 5.75 Å². The lowest BCUT2D eigenvalue weighted by Crippen LogP contribution is -2.63. The molecule has 0 bridgehead atoms. The topological polar surface area (TPSA) is 139 Å². The summed E-state index contributed by atoms with van der Waals surface area (Å²) in [6, 6.07) is 2.70. The van der Waals surface area contributed by atoms with E-state index >= 15 is 0 Å². The number of piperazine rings is 1. The first-order valence-electron chi connectivity index (χ1n) is 12.5. The van der Waals surface area contributed by atoms with Crippen molar-refractivity contribution in [2.24, 2.45) is 0 Å². The van der Waals surface area contributed by atoms with Crippen LogP contribution >= 0.6 is 0 Å². The summed E-state index contributed by atoms with van der Waals surface area (Å²) in [7, 11) is 0. The van der Waals surface area contributed by atoms with Crippen LogP contribution in [0.3, 0.4) is 0 Å². The first kappa shape index (κ1) is 26.8. The second kappa shape index (κ2) is 11.0. The number of rotatable bonds is 6. The number of amides is 2. The van der Waals surface area contributed by atoms with E-state index in [1.54, 1.807) is 44.0 Å². The summed E-state index contributed by atoms with van der Waals surface area (Å²) in [5.41, 5.74) is -0.175. The average molecular weight is 519 g/mol. The van der Waals surface area contributed by atoms with Crippen molar-refractivity contribution in [1.29, 1.82) is 0 Å². The van der Waals surface area contributed by atoms with Gasteiger partial charge in [0.1, 0.15) is 5.75 Å². The van der Waals surface area contributed by atoms with E-state index in [1.165, 1.54) is 4.90 Å². The molecule has 0 radical (unpaired) electrons. The maximum atomic E-state index is 13.1. The number of carbonyl (C=O) groups excluding carboxylic acids is 4. The smallest absolute Gasteiger partial charge is 0.410 e. The molecule has 4 rings (SSSR count). The zero-order chi connectivity index (χ0) is 26.7. The number of ether oxygens (including phenoxy) is 3. The molecule has 1 N–H and O–H groups in total. The highest BCUT2D eigenvalue weighted by Gasteiger charge is 2.53. The highest BCUT2D eigenvalue weighted by Crippen LogP contribution is 2.31. The van der Waals surface area contributed by atoms with E-state index in [4.69, 9.17) is 14.2 Å². The Hall–Kier alpha value is -3.25. The molecule has 1 aromatic rings. The quantitative estimate of drug-likeness (QED) is 0.423. The van der Waals surface area contributed by atoms with Crippen molar-refractivity contribution >= 4 is 23.8 Å². The van der Waals surface area contributed by atoms with Gasteiger partial charge in [-0.15, -0.1) is 0 Å². The Morgan fingerprint density at radius 2 is 1.86 bits per heavy atom. The van der Waals surface area contributed by atoms with Gasteiger partial charge >= 0.3 is 12.1 Å². The average Bonchev–Trinajstić information content (AvgIpc) is 3.34. The fraction of sp³-hybridized carbons (Fsp3) is 0.640. The number of pyridine rings is 1. The Morgan fingerprint density at radius 1 is 1.14 bits per heavy atom. The van der Waals surface area contributed by atoms with Gasteiger partial charge in [-0.3, -0.25) is 19.5 Å². The molecule has 3 saturated heterocycles. The monoisotopic (exact) mass is 518 g/mol. The van der Waals surface area contributed by atoms with Crippen LogP contribution in [0, 0.1) is 0 Å². The maximum Gasteiger partial charge on any atom is 0.410 e. The number of fused-ring (bicyclic) bond motifs is 1. The Balaban J connectivity index is 1.26. The van der Waals surface area contributed by atoms with E-state index in [2.05, 4.69) is 9.88 Å². The van der Waals surface area contributed by atoms with Crippen LogP contribution in [0.2, 0.25) is 0 Å². The molecule has 3 aliphatic heterocycles. The zero-order valence-electron chi connectivity index (χ0n) is 21.4. The highest BCUT2D eigenvalue weighted by molar-refractivity contribution is 6.09. The number of piperidine rings is 1. The molecule has 1 aromatic heterocycles. The van der Waals surface area contributed by atoms with Crippen LogP contribution in [0.4, 0.5) is 4.79 Å². The van der Waals surface area contributed by atoms with Crippen molar-refractivity contribution < 1.29 is 38.5 Å². The lowest BCUT2D eigenvalue weighted by atomic mass is 9.94. The molecule has 3 fully saturated rings. The van der Waals surface area contributed by atoms with Crippen LogP contribution in [-0.4, -0.2) is 112 Å². The number of hydrogen-bond acceptors (Lipinski definition) is 10. The molecule has 37 heavy (non-hydrogen) atoms. The van der Waals surface area contributed by atoms with Gasteiger partial charge in [-0.2, -0.15) is 0 Å². The third-order valence-electron chi connectivity index (χ3n) is 6.61. The number of aromatic hydroxyl groups is 1. The van der Waals surface area contributed by atoms with Gasteiger partial charge in [0.05, 0.1) is 17.3 Å². The Kier molecular flexibility index (Phi) is 7.98. The maximum absolute atomic E-state index is 13.1. The van der Waals surface area contributed by atoms with Crippen molar-refractivity contribution in [3.8, 4) is 5.75 Å². The second-order valence-electron chi connectivity index (χ2n) is 10.5. The van der Waals surface area contributed by atoms with Gasteiger partial charge in [0, 0.05) is 45.5 Å².